The second kappa shape index (κ2) is 16.5. The van der Waals surface area contributed by atoms with Crippen molar-refractivity contribution in [2.75, 3.05) is 6.61 Å². The Bertz CT molecular complexity index is 496. The van der Waals surface area contributed by atoms with Crippen LogP contribution in [0.3, 0.4) is 0 Å². The monoisotopic (exact) mass is 374 g/mol. The molecular formula is C24H38O3. The van der Waals surface area contributed by atoms with Crippen LogP contribution in [0, 0.1) is 0 Å². The molecule has 0 atom stereocenters. The summed E-state index contributed by atoms with van der Waals surface area (Å²) in [7, 11) is 0. The molecule has 27 heavy (non-hydrogen) atoms. The number of ether oxygens (including phenoxy) is 1. The van der Waals surface area contributed by atoms with E-state index >= 15 is 0 Å². The number of hydrogen-bond donors (Lipinski definition) is 0. The summed E-state index contributed by atoms with van der Waals surface area (Å²) in [5, 5.41) is 0. The Morgan fingerprint density at radius 1 is 0.704 bits per heavy atom. The minimum Gasteiger partial charge on any atom is -0.457 e. The molecule has 0 saturated heterocycles. The number of carbonyl (C=O) groups is 2. The summed E-state index contributed by atoms with van der Waals surface area (Å²) in [6, 6.07) is 8.95. The smallest absolute Gasteiger partial charge is 0.306 e. The molecule has 3 nitrogen and oxygen atoms in total. The van der Waals surface area contributed by atoms with Gasteiger partial charge in [0.2, 0.25) is 0 Å². The number of Topliss-reactive ketones (excluding diaryl/α,β-unsaturated/α-hetero) is 1. The number of hydrogen-bond acceptors (Lipinski definition) is 3. The highest BCUT2D eigenvalue weighted by molar-refractivity contribution is 5.97. The topological polar surface area (TPSA) is 43.4 Å². The molecule has 0 aliphatic heterocycles. The van der Waals surface area contributed by atoms with Crippen LogP contribution < -0.4 is 0 Å². The standard InChI is InChI=1S/C24H38O3/c1-2-3-4-5-6-7-8-9-10-11-12-13-17-20-24(26)27-21-23(25)22-18-15-14-16-19-22/h14-16,18-19H,2-13,17,20-21H2,1H3. The van der Waals surface area contributed by atoms with Gasteiger partial charge in [-0.15, -0.1) is 0 Å². The lowest BCUT2D eigenvalue weighted by Crippen LogP contribution is -2.13. The van der Waals surface area contributed by atoms with E-state index in [1.165, 1.54) is 70.6 Å². The maximum Gasteiger partial charge on any atom is 0.306 e. The number of carbonyl (C=O) groups excluding carboxylic acids is 2. The van der Waals surface area contributed by atoms with Crippen LogP contribution in [0.15, 0.2) is 30.3 Å². The van der Waals surface area contributed by atoms with Crippen molar-refractivity contribution < 1.29 is 14.3 Å². The fourth-order valence-corrected chi connectivity index (χ4v) is 3.21. The zero-order chi connectivity index (χ0) is 19.6. The molecule has 0 saturated carbocycles. The molecule has 0 bridgehead atoms. The van der Waals surface area contributed by atoms with Crippen LogP contribution in [0.4, 0.5) is 0 Å². The molecule has 0 aliphatic carbocycles. The van der Waals surface area contributed by atoms with Crippen molar-refractivity contribution >= 4 is 11.8 Å². The highest BCUT2D eigenvalue weighted by Gasteiger charge is 2.09. The third kappa shape index (κ3) is 13.2. The molecule has 0 aliphatic rings. The first-order valence-electron chi connectivity index (χ1n) is 11.0. The molecule has 0 spiro atoms. The Labute approximate surface area is 165 Å². The Balaban J connectivity index is 1.86. The summed E-state index contributed by atoms with van der Waals surface area (Å²) >= 11 is 0. The maximum absolute atomic E-state index is 11.9. The van der Waals surface area contributed by atoms with Crippen LogP contribution in [-0.4, -0.2) is 18.4 Å². The lowest BCUT2D eigenvalue weighted by atomic mass is 10.0. The van der Waals surface area contributed by atoms with Crippen molar-refractivity contribution in [1.29, 1.82) is 0 Å². The first kappa shape index (κ1) is 23.4. The second-order valence-corrected chi connectivity index (χ2v) is 7.44. The van der Waals surface area contributed by atoms with E-state index in [9.17, 15) is 9.59 Å². The van der Waals surface area contributed by atoms with Gasteiger partial charge in [-0.25, -0.2) is 0 Å². The van der Waals surface area contributed by atoms with E-state index in [1.807, 2.05) is 18.2 Å². The Morgan fingerprint density at radius 3 is 1.70 bits per heavy atom. The molecule has 1 aromatic rings. The van der Waals surface area contributed by atoms with E-state index in [1.54, 1.807) is 12.1 Å². The maximum atomic E-state index is 11.9. The van der Waals surface area contributed by atoms with Gasteiger partial charge in [0, 0.05) is 12.0 Å². The molecule has 0 aromatic heterocycles. The molecule has 0 N–H and O–H groups in total. The molecule has 0 heterocycles. The van der Waals surface area contributed by atoms with Crippen molar-refractivity contribution in [3.8, 4) is 0 Å². The average molecular weight is 375 g/mol. The van der Waals surface area contributed by atoms with Crippen LogP contribution in [0.2, 0.25) is 0 Å². The van der Waals surface area contributed by atoms with Gasteiger partial charge in [0.25, 0.3) is 0 Å². The molecule has 0 radical (unpaired) electrons. The normalized spacial score (nSPS) is 10.7. The largest absolute Gasteiger partial charge is 0.457 e. The van der Waals surface area contributed by atoms with Gasteiger partial charge in [0.05, 0.1) is 0 Å². The van der Waals surface area contributed by atoms with Crippen LogP contribution in [0.25, 0.3) is 0 Å². The third-order valence-electron chi connectivity index (χ3n) is 4.94. The SMILES string of the molecule is CCCCCCCCCCCCCCCC(=O)OCC(=O)c1ccccc1. The third-order valence-corrected chi connectivity index (χ3v) is 4.94. The summed E-state index contributed by atoms with van der Waals surface area (Å²) in [6.45, 7) is 2.11. The van der Waals surface area contributed by atoms with E-state index in [4.69, 9.17) is 4.74 Å². The van der Waals surface area contributed by atoms with Gasteiger partial charge in [-0.3, -0.25) is 9.59 Å². The van der Waals surface area contributed by atoms with Crippen LogP contribution in [0.1, 0.15) is 107 Å². The average Bonchev–Trinajstić information content (AvgIpc) is 2.70. The van der Waals surface area contributed by atoms with Gasteiger partial charge in [0.1, 0.15) is 0 Å². The molecular weight excluding hydrogens is 336 g/mol. The first-order chi connectivity index (χ1) is 13.2. The van der Waals surface area contributed by atoms with E-state index in [0.717, 1.165) is 12.8 Å². The molecule has 0 amide bonds. The summed E-state index contributed by atoms with van der Waals surface area (Å²) in [4.78, 5) is 23.6. The number of benzene rings is 1. The van der Waals surface area contributed by atoms with Crippen LogP contribution in [0.5, 0.6) is 0 Å². The number of ketones is 1. The predicted octanol–water partition coefficient (Wildman–Crippen LogP) is 6.89. The lowest BCUT2D eigenvalue weighted by Gasteiger charge is -2.05. The quantitative estimate of drug-likeness (QED) is 0.169. The van der Waals surface area contributed by atoms with Crippen molar-refractivity contribution in [3.05, 3.63) is 35.9 Å². The Hall–Kier alpha value is -1.64. The van der Waals surface area contributed by atoms with Gasteiger partial charge in [0.15, 0.2) is 12.4 Å². The molecule has 0 unspecified atom stereocenters. The number of esters is 1. The second-order valence-electron chi connectivity index (χ2n) is 7.44. The van der Waals surface area contributed by atoms with Gasteiger partial charge < -0.3 is 4.74 Å². The van der Waals surface area contributed by atoms with E-state index in [0.29, 0.717) is 12.0 Å². The zero-order valence-electron chi connectivity index (χ0n) is 17.2. The minimum absolute atomic E-state index is 0.144. The number of unbranched alkanes of at least 4 members (excludes halogenated alkanes) is 12. The molecule has 1 rings (SSSR count). The van der Waals surface area contributed by atoms with E-state index in [-0.39, 0.29) is 18.4 Å². The fraction of sp³-hybridized carbons (Fsp3) is 0.667. The fourth-order valence-electron chi connectivity index (χ4n) is 3.21. The van der Waals surface area contributed by atoms with Crippen molar-refractivity contribution in [3.63, 3.8) is 0 Å². The number of rotatable bonds is 17. The van der Waals surface area contributed by atoms with Crippen LogP contribution in [-0.2, 0) is 9.53 Å². The van der Waals surface area contributed by atoms with E-state index < -0.39 is 0 Å². The molecule has 3 heteroatoms. The minimum atomic E-state index is -0.262. The summed E-state index contributed by atoms with van der Waals surface area (Å²) in [5.41, 5.74) is 0.589. The summed E-state index contributed by atoms with van der Waals surface area (Å²) < 4.78 is 5.08. The van der Waals surface area contributed by atoms with Gasteiger partial charge in [-0.2, -0.15) is 0 Å². The van der Waals surface area contributed by atoms with Crippen molar-refractivity contribution in [1.82, 2.24) is 0 Å². The van der Waals surface area contributed by atoms with Crippen LogP contribution >= 0.6 is 0 Å². The van der Waals surface area contributed by atoms with Crippen molar-refractivity contribution in [2.24, 2.45) is 0 Å². The highest BCUT2D eigenvalue weighted by atomic mass is 16.5. The molecule has 1 aromatic carbocycles. The van der Waals surface area contributed by atoms with Gasteiger partial charge in [-0.05, 0) is 6.42 Å². The Morgan fingerprint density at radius 2 is 1.19 bits per heavy atom. The predicted molar refractivity (Wildman–Crippen MR) is 112 cm³/mol. The lowest BCUT2D eigenvalue weighted by molar-refractivity contribution is -0.142. The molecule has 0 fully saturated rings. The molecule has 152 valence electrons. The Kier molecular flexibility index (Phi) is 14.3. The summed E-state index contributed by atoms with van der Waals surface area (Å²) in [6.07, 6.45) is 17.1. The van der Waals surface area contributed by atoms with E-state index in [2.05, 4.69) is 6.92 Å². The van der Waals surface area contributed by atoms with Gasteiger partial charge >= 0.3 is 5.97 Å². The zero-order valence-corrected chi connectivity index (χ0v) is 17.2. The van der Waals surface area contributed by atoms with Gasteiger partial charge in [-0.1, -0.05) is 114 Å². The first-order valence-corrected chi connectivity index (χ1v) is 11.0. The van der Waals surface area contributed by atoms with Crippen molar-refractivity contribution in [2.45, 2.75) is 96.8 Å². The highest BCUT2D eigenvalue weighted by Crippen LogP contribution is 2.13. The summed E-state index contributed by atoms with van der Waals surface area (Å²) in [5.74, 6) is -0.406.